The van der Waals surface area contributed by atoms with Gasteiger partial charge < -0.3 is 4.42 Å². The third-order valence-corrected chi connectivity index (χ3v) is 8.48. The van der Waals surface area contributed by atoms with Crippen LogP contribution in [0.3, 0.4) is 0 Å². The fraction of sp³-hybridized carbons (Fsp3) is 0.265. The minimum Gasteiger partial charge on any atom is -0.456 e. The van der Waals surface area contributed by atoms with E-state index in [1.54, 1.807) is 0 Å². The number of rotatable bonds is 4. The van der Waals surface area contributed by atoms with E-state index in [1.165, 1.54) is 36.9 Å². The molecule has 0 spiro atoms. The Balaban J connectivity index is 1.55. The van der Waals surface area contributed by atoms with Crippen LogP contribution in [0.25, 0.3) is 54.4 Å². The molecular weight excluding hydrogens is 470 g/mol. The van der Waals surface area contributed by atoms with Crippen molar-refractivity contribution in [3.05, 3.63) is 88.9 Å². The average Bonchev–Trinajstić information content (AvgIpc) is 3.43. The van der Waals surface area contributed by atoms with Gasteiger partial charge in [-0.05, 0) is 82.3 Å². The van der Waals surface area contributed by atoms with E-state index in [0.717, 1.165) is 40.0 Å². The molecule has 0 atom stereocenters. The topological polar surface area (TPSA) is 26.0 Å². The average molecular weight is 504 g/mol. The first-order valence-electron chi connectivity index (χ1n) is 13.1. The van der Waals surface area contributed by atoms with Gasteiger partial charge in [0.1, 0.15) is 11.3 Å². The second-order valence-electron chi connectivity index (χ2n) is 11.6. The van der Waals surface area contributed by atoms with Gasteiger partial charge in [0.15, 0.2) is 0 Å². The molecule has 0 saturated carbocycles. The van der Waals surface area contributed by atoms with E-state index in [9.17, 15) is 0 Å². The molecule has 0 bridgehead atoms. The number of nitrogens with zero attached hydrogens (tertiary/aromatic N) is 1. The molecule has 3 aromatic heterocycles. The van der Waals surface area contributed by atoms with E-state index in [4.69, 9.17) is 9.40 Å². The lowest BCUT2D eigenvalue weighted by molar-refractivity contribution is 0.596. The summed E-state index contributed by atoms with van der Waals surface area (Å²) in [6.07, 6.45) is 2.97. The van der Waals surface area contributed by atoms with Crippen LogP contribution < -0.4 is 0 Å². The Morgan fingerprint density at radius 3 is 2.46 bits per heavy atom. The molecule has 3 heterocycles. The summed E-state index contributed by atoms with van der Waals surface area (Å²) in [4.78, 5) is 6.27. The first kappa shape index (κ1) is 23.9. The number of aryl methyl sites for hydroxylation is 1. The quantitative estimate of drug-likeness (QED) is 0.239. The smallest absolute Gasteiger partial charge is 0.138 e. The number of hydrogen-bond acceptors (Lipinski definition) is 3. The van der Waals surface area contributed by atoms with Crippen LogP contribution in [0.2, 0.25) is 0 Å². The number of furan rings is 1. The zero-order valence-electron chi connectivity index (χ0n) is 22.5. The molecule has 0 saturated heterocycles. The Hall–Kier alpha value is -3.43. The van der Waals surface area contributed by atoms with Gasteiger partial charge in [-0.15, -0.1) is 11.3 Å². The van der Waals surface area contributed by atoms with E-state index in [0.29, 0.717) is 5.92 Å². The zero-order valence-corrected chi connectivity index (χ0v) is 23.3. The van der Waals surface area contributed by atoms with E-state index < -0.39 is 0 Å². The van der Waals surface area contributed by atoms with E-state index in [1.807, 2.05) is 23.6 Å². The van der Waals surface area contributed by atoms with Crippen molar-refractivity contribution in [3.8, 4) is 22.6 Å². The molecular formula is C34H33NOS. The van der Waals surface area contributed by atoms with Crippen LogP contribution >= 0.6 is 11.3 Å². The minimum atomic E-state index is 0.0193. The molecule has 0 amide bonds. The number of pyridine rings is 1. The van der Waals surface area contributed by atoms with Gasteiger partial charge in [0.25, 0.3) is 0 Å². The van der Waals surface area contributed by atoms with E-state index in [-0.39, 0.29) is 5.41 Å². The Kier molecular flexibility index (Phi) is 5.72. The number of aromatic nitrogens is 1. The predicted octanol–water partition coefficient (Wildman–Crippen LogP) is 10.3. The van der Waals surface area contributed by atoms with Gasteiger partial charge >= 0.3 is 0 Å². The number of hydrogen-bond donors (Lipinski definition) is 0. The fourth-order valence-electron chi connectivity index (χ4n) is 5.54. The molecule has 2 nitrogen and oxygen atoms in total. The molecule has 0 aliphatic rings. The molecule has 186 valence electrons. The Morgan fingerprint density at radius 1 is 0.892 bits per heavy atom. The molecule has 0 unspecified atom stereocenters. The second kappa shape index (κ2) is 8.85. The molecule has 37 heavy (non-hydrogen) atoms. The van der Waals surface area contributed by atoms with Gasteiger partial charge in [0, 0.05) is 32.3 Å². The van der Waals surface area contributed by atoms with Crippen LogP contribution in [-0.4, -0.2) is 4.98 Å². The maximum absolute atomic E-state index is 6.51. The third-order valence-electron chi connectivity index (χ3n) is 7.29. The summed E-state index contributed by atoms with van der Waals surface area (Å²) in [5.41, 5.74) is 6.96. The SMILES string of the molecule is Cc1sc2c(-c3cc4c(-c5cc(C(C)(C)C)c6ccccc6c5)nccc4o3)cccc2c1CC(C)C. The summed E-state index contributed by atoms with van der Waals surface area (Å²) >= 11 is 1.88. The molecule has 0 radical (unpaired) electrons. The molecule has 0 aliphatic carbocycles. The monoisotopic (exact) mass is 503 g/mol. The second-order valence-corrected chi connectivity index (χ2v) is 12.8. The number of fused-ring (bicyclic) bond motifs is 3. The molecule has 6 rings (SSSR count). The summed E-state index contributed by atoms with van der Waals surface area (Å²) < 4.78 is 7.82. The first-order chi connectivity index (χ1) is 17.7. The van der Waals surface area contributed by atoms with Crippen molar-refractivity contribution in [2.24, 2.45) is 5.92 Å². The van der Waals surface area contributed by atoms with Crippen molar-refractivity contribution in [1.82, 2.24) is 4.98 Å². The van der Waals surface area contributed by atoms with Crippen LogP contribution in [0.15, 0.2) is 77.3 Å². The van der Waals surface area contributed by atoms with Crippen molar-refractivity contribution in [1.29, 1.82) is 0 Å². The zero-order chi connectivity index (χ0) is 25.9. The standard InChI is InChI=1S/C34H33NOS/c1-20(2)16-27-21(3)37-33-25(27)12-9-13-26(33)31-19-28-30(36-31)14-15-35-32(28)23-17-22-10-7-8-11-24(22)29(18-23)34(4,5)6/h7-15,17-20H,16H2,1-6H3. The lowest BCUT2D eigenvalue weighted by atomic mass is 9.82. The Bertz CT molecular complexity index is 1780. The summed E-state index contributed by atoms with van der Waals surface area (Å²) in [6, 6.07) is 24.0. The fourth-order valence-corrected chi connectivity index (χ4v) is 6.74. The molecule has 0 aliphatic heterocycles. The van der Waals surface area contributed by atoms with Crippen molar-refractivity contribution >= 4 is 43.2 Å². The lowest BCUT2D eigenvalue weighted by Gasteiger charge is -2.22. The van der Waals surface area contributed by atoms with Gasteiger partial charge in [0.05, 0.1) is 5.69 Å². The maximum Gasteiger partial charge on any atom is 0.138 e. The predicted molar refractivity (Wildman–Crippen MR) is 160 cm³/mol. The molecule has 6 aromatic rings. The highest BCUT2D eigenvalue weighted by Gasteiger charge is 2.21. The molecule has 3 heteroatoms. The molecule has 3 aromatic carbocycles. The largest absolute Gasteiger partial charge is 0.456 e. The summed E-state index contributed by atoms with van der Waals surface area (Å²) in [6.45, 7) is 13.7. The third kappa shape index (κ3) is 4.16. The van der Waals surface area contributed by atoms with E-state index >= 15 is 0 Å². The number of thiophene rings is 1. The molecule has 0 fully saturated rings. The van der Waals surface area contributed by atoms with Gasteiger partial charge in [-0.3, -0.25) is 4.98 Å². The van der Waals surface area contributed by atoms with E-state index in [2.05, 4.69) is 102 Å². The van der Waals surface area contributed by atoms with Gasteiger partial charge in [-0.25, -0.2) is 0 Å². The summed E-state index contributed by atoms with van der Waals surface area (Å²) in [7, 11) is 0. The van der Waals surface area contributed by atoms with Crippen molar-refractivity contribution < 1.29 is 4.42 Å². The van der Waals surface area contributed by atoms with Crippen LogP contribution in [-0.2, 0) is 11.8 Å². The van der Waals surface area contributed by atoms with Crippen LogP contribution in [0.1, 0.15) is 50.6 Å². The van der Waals surface area contributed by atoms with Crippen LogP contribution in [0.5, 0.6) is 0 Å². The highest BCUT2D eigenvalue weighted by molar-refractivity contribution is 7.19. The summed E-state index contributed by atoms with van der Waals surface area (Å²) in [5.74, 6) is 1.53. The Morgan fingerprint density at radius 2 is 1.68 bits per heavy atom. The highest BCUT2D eigenvalue weighted by Crippen LogP contribution is 2.42. The number of benzene rings is 3. The van der Waals surface area contributed by atoms with Crippen LogP contribution in [0, 0.1) is 12.8 Å². The van der Waals surface area contributed by atoms with Gasteiger partial charge in [-0.1, -0.05) is 71.0 Å². The first-order valence-corrected chi connectivity index (χ1v) is 14.0. The maximum atomic E-state index is 6.51. The normalized spacial score (nSPS) is 12.4. The van der Waals surface area contributed by atoms with Crippen molar-refractivity contribution in [2.45, 2.75) is 53.4 Å². The molecule has 0 N–H and O–H groups in total. The van der Waals surface area contributed by atoms with Crippen molar-refractivity contribution in [3.63, 3.8) is 0 Å². The summed E-state index contributed by atoms with van der Waals surface area (Å²) in [5, 5.41) is 4.96. The van der Waals surface area contributed by atoms with Crippen LogP contribution in [0.4, 0.5) is 0 Å². The van der Waals surface area contributed by atoms with Crippen molar-refractivity contribution in [2.75, 3.05) is 0 Å². The minimum absolute atomic E-state index is 0.0193. The van der Waals surface area contributed by atoms with Gasteiger partial charge in [-0.2, -0.15) is 0 Å². The lowest BCUT2D eigenvalue weighted by Crippen LogP contribution is -2.12. The van der Waals surface area contributed by atoms with Gasteiger partial charge in [0.2, 0.25) is 0 Å². The highest BCUT2D eigenvalue weighted by atomic mass is 32.1. The Labute approximate surface area is 223 Å².